The largest absolute Gasteiger partial charge is 0.294 e. The Morgan fingerprint density at radius 1 is 0.477 bits per heavy atom. The monoisotopic (exact) mass is 651 g/mol. The highest BCUT2D eigenvalue weighted by atomic mass is 32.2. The molecule has 8 nitrogen and oxygen atoms in total. The summed E-state index contributed by atoms with van der Waals surface area (Å²) < 4.78 is 70.2. The van der Waals surface area contributed by atoms with Gasteiger partial charge in [-0.2, -0.15) is 0 Å². The Bertz CT molecular complexity index is 1940. The number of fused-ring (bicyclic) bond motifs is 4. The number of carbonyl (C=O) groups excluding carboxylic acids is 1. The summed E-state index contributed by atoms with van der Waals surface area (Å²) >= 11 is 0. The van der Waals surface area contributed by atoms with Gasteiger partial charge in [-0.05, 0) is 66.1 Å². The van der Waals surface area contributed by atoms with Gasteiger partial charge in [-0.15, -0.1) is 0 Å². The number of sulfonamides is 1. The van der Waals surface area contributed by atoms with Crippen LogP contribution in [0.2, 0.25) is 0 Å². The van der Waals surface area contributed by atoms with Crippen LogP contribution in [-0.4, -0.2) is 42.5 Å². The molecule has 4 aromatic carbocycles. The Balaban J connectivity index is 0.000000117. The summed E-state index contributed by atoms with van der Waals surface area (Å²) in [5.41, 5.74) is 4.94. The fourth-order valence-corrected chi connectivity index (χ4v) is 9.91. The molecule has 230 valence electrons. The number of aryl methyl sites for hydroxylation is 3. The molecule has 4 aliphatic rings. The van der Waals surface area contributed by atoms with Crippen LogP contribution in [0.15, 0.2) is 112 Å². The Morgan fingerprint density at radius 2 is 0.977 bits per heavy atom. The quantitative estimate of drug-likeness (QED) is 0.291. The van der Waals surface area contributed by atoms with Crippen LogP contribution in [0.25, 0.3) is 0 Å². The molecule has 3 heterocycles. The van der Waals surface area contributed by atoms with Crippen molar-refractivity contribution in [1.29, 1.82) is 0 Å². The van der Waals surface area contributed by atoms with Crippen molar-refractivity contribution >= 4 is 35.5 Å². The lowest BCUT2D eigenvalue weighted by Crippen LogP contribution is -2.15. The van der Waals surface area contributed by atoms with Gasteiger partial charge in [0.15, 0.2) is 25.5 Å². The highest BCUT2D eigenvalue weighted by Crippen LogP contribution is 2.25. The van der Waals surface area contributed by atoms with E-state index in [4.69, 9.17) is 0 Å². The smallest absolute Gasteiger partial charge is 0.241 e. The van der Waals surface area contributed by atoms with E-state index < -0.39 is 29.7 Å². The van der Waals surface area contributed by atoms with E-state index in [-0.39, 0.29) is 5.75 Å². The molecule has 0 atom stereocenters. The summed E-state index contributed by atoms with van der Waals surface area (Å²) in [5, 5.41) is 0. The zero-order valence-electron chi connectivity index (χ0n) is 24.0. The topological polar surface area (TPSA) is 132 Å². The molecule has 0 fully saturated rings. The third kappa shape index (κ3) is 7.18. The van der Waals surface area contributed by atoms with Gasteiger partial charge in [0.2, 0.25) is 10.0 Å². The second kappa shape index (κ2) is 13.2. The van der Waals surface area contributed by atoms with Crippen LogP contribution in [0, 0.1) is 0 Å². The summed E-state index contributed by atoms with van der Waals surface area (Å²) in [4.78, 5) is 12.5. The van der Waals surface area contributed by atoms with Crippen LogP contribution in [0.1, 0.15) is 45.5 Å². The second-order valence-corrected chi connectivity index (χ2v) is 16.6. The van der Waals surface area contributed by atoms with E-state index in [0.29, 0.717) is 45.6 Å². The number of hydrogen-bond acceptors (Lipinski definition) is 7. The maximum absolute atomic E-state index is 11.5. The Morgan fingerprint density at radius 3 is 1.57 bits per heavy atom. The first kappa shape index (κ1) is 31.8. The number of carbonyl (C=O) groups is 1. The van der Waals surface area contributed by atoms with E-state index in [2.05, 4.69) is 4.72 Å². The number of hydrogen-bond donors (Lipinski definition) is 1. The van der Waals surface area contributed by atoms with Crippen LogP contribution in [-0.2, 0) is 55.5 Å². The normalized spacial score (nSPS) is 18.8. The molecule has 0 spiro atoms. The van der Waals surface area contributed by atoms with Crippen molar-refractivity contribution in [3.63, 3.8) is 0 Å². The Kier molecular flexibility index (Phi) is 9.50. The van der Waals surface area contributed by atoms with Gasteiger partial charge in [0, 0.05) is 18.5 Å². The zero-order chi connectivity index (χ0) is 31.4. The molecule has 8 rings (SSSR count). The molecule has 4 aromatic rings. The van der Waals surface area contributed by atoms with Gasteiger partial charge in [-0.1, -0.05) is 78.9 Å². The summed E-state index contributed by atoms with van der Waals surface area (Å²) in [6.07, 6.45) is 3.99. The zero-order valence-corrected chi connectivity index (χ0v) is 26.4. The number of sulfone groups is 2. The number of benzene rings is 4. The molecule has 0 unspecified atom stereocenters. The molecule has 1 aliphatic carbocycles. The molecule has 3 aliphatic heterocycles. The number of nitrogens with one attached hydrogen (secondary N) is 1. The molecule has 0 saturated carbocycles. The van der Waals surface area contributed by atoms with Gasteiger partial charge in [0.1, 0.15) is 0 Å². The van der Waals surface area contributed by atoms with Crippen molar-refractivity contribution < 1.29 is 30.0 Å². The molecule has 0 saturated heterocycles. The number of rotatable bonds is 0. The first-order chi connectivity index (χ1) is 21.0. The van der Waals surface area contributed by atoms with Crippen molar-refractivity contribution in [2.45, 2.75) is 53.3 Å². The molecule has 1 N–H and O–H groups in total. The maximum Gasteiger partial charge on any atom is 0.241 e. The standard InChI is InChI=1S/C9H10O2S.C9H8O.C8H8O2S.C7H7NO2S/c10-12(11)7-3-5-8-4-1-2-6-9(8)12;10-9-6-5-7-3-1-2-4-8(7)9;9-11(10)6-5-7-3-1-2-4-8(7)11;9-11(10)7-4-2-1-3-6(7)5-8-11/h1-2,4,6H,3,5,7H2;1-4H,5-6H2;1-4H,5-6H2;1-4,8H,5H2. The molecule has 0 aromatic heterocycles. The molecule has 0 bridgehead atoms. The van der Waals surface area contributed by atoms with E-state index in [1.165, 1.54) is 5.56 Å². The molecule has 0 radical (unpaired) electrons. The fraction of sp³-hybridized carbons (Fsp3) is 0.242. The van der Waals surface area contributed by atoms with Gasteiger partial charge in [-0.3, -0.25) is 4.79 Å². The van der Waals surface area contributed by atoms with E-state index >= 15 is 0 Å². The minimum atomic E-state index is -3.16. The van der Waals surface area contributed by atoms with Crippen LogP contribution < -0.4 is 4.72 Å². The third-order valence-corrected chi connectivity index (χ3v) is 13.0. The van der Waals surface area contributed by atoms with Gasteiger partial charge in [-0.25, -0.2) is 30.0 Å². The molecule has 44 heavy (non-hydrogen) atoms. The van der Waals surface area contributed by atoms with Crippen molar-refractivity contribution in [3.05, 3.63) is 125 Å². The lowest BCUT2D eigenvalue weighted by molar-refractivity contribution is 0.0994. The van der Waals surface area contributed by atoms with Crippen LogP contribution >= 0.6 is 0 Å². The summed E-state index contributed by atoms with van der Waals surface area (Å²) in [5.74, 6) is 0.895. The van der Waals surface area contributed by atoms with Crippen molar-refractivity contribution in [2.24, 2.45) is 0 Å². The van der Waals surface area contributed by atoms with E-state index in [1.54, 1.807) is 36.4 Å². The Hall–Kier alpha value is -3.64. The lowest BCUT2D eigenvalue weighted by atomic mass is 10.1. The van der Waals surface area contributed by atoms with Crippen molar-refractivity contribution in [3.8, 4) is 0 Å². The molecule has 11 heteroatoms. The lowest BCUT2D eigenvalue weighted by Gasteiger charge is -2.14. The summed E-state index contributed by atoms with van der Waals surface area (Å²) in [7, 11) is -9.00. The van der Waals surface area contributed by atoms with Crippen LogP contribution in [0.3, 0.4) is 0 Å². The van der Waals surface area contributed by atoms with E-state index in [9.17, 15) is 30.0 Å². The van der Waals surface area contributed by atoms with Crippen molar-refractivity contribution in [1.82, 2.24) is 4.72 Å². The minimum Gasteiger partial charge on any atom is -0.294 e. The highest BCUT2D eigenvalue weighted by Gasteiger charge is 2.25. The van der Waals surface area contributed by atoms with Gasteiger partial charge >= 0.3 is 0 Å². The maximum atomic E-state index is 11.5. The second-order valence-electron chi connectivity index (χ2n) is 10.7. The van der Waals surface area contributed by atoms with Gasteiger partial charge in [0.05, 0.1) is 26.2 Å². The van der Waals surface area contributed by atoms with Gasteiger partial charge < -0.3 is 0 Å². The van der Waals surface area contributed by atoms with Crippen LogP contribution in [0.4, 0.5) is 0 Å². The SMILES string of the molecule is O=C1CCc2ccccc21.O=S1(=O)CCCc2ccccc21.O=S1(=O)CCc2ccccc21.O=S1(=O)NCc2ccccc21. The number of ketones is 1. The Labute approximate surface area is 259 Å². The van der Waals surface area contributed by atoms with E-state index in [1.807, 2.05) is 60.7 Å². The molecular formula is C33H33NO7S3. The molecule has 0 amide bonds. The van der Waals surface area contributed by atoms with E-state index in [0.717, 1.165) is 41.5 Å². The minimum absolute atomic E-state index is 0.284. The number of Topliss-reactive ketones (excluding diaryl/α,β-unsaturated/α-hetero) is 1. The fourth-order valence-electron chi connectivity index (χ4n) is 5.50. The summed E-state index contributed by atoms with van der Waals surface area (Å²) in [6, 6.07) is 29.3. The molecular weight excluding hydrogens is 619 g/mol. The third-order valence-electron chi connectivity index (χ3n) is 7.77. The average molecular weight is 652 g/mol. The summed E-state index contributed by atoms with van der Waals surface area (Å²) in [6.45, 7) is 0.429. The van der Waals surface area contributed by atoms with Crippen molar-refractivity contribution in [2.75, 3.05) is 11.5 Å². The van der Waals surface area contributed by atoms with Crippen LogP contribution in [0.5, 0.6) is 0 Å². The predicted molar refractivity (Wildman–Crippen MR) is 169 cm³/mol. The van der Waals surface area contributed by atoms with Gasteiger partial charge in [0.25, 0.3) is 0 Å². The highest BCUT2D eigenvalue weighted by molar-refractivity contribution is 7.92. The first-order valence-electron chi connectivity index (χ1n) is 14.3. The first-order valence-corrected chi connectivity index (χ1v) is 19.1. The average Bonchev–Trinajstić information content (AvgIpc) is 3.66. The predicted octanol–water partition coefficient (Wildman–Crippen LogP) is 4.72.